The summed E-state index contributed by atoms with van der Waals surface area (Å²) in [6, 6.07) is 18.2. The molecule has 0 amide bonds. The Morgan fingerprint density at radius 2 is 1.71 bits per heavy atom. The van der Waals surface area contributed by atoms with Gasteiger partial charge in [-0.05, 0) is 43.2 Å². The number of hydrogen-bond acceptors (Lipinski definition) is 6. The predicted molar refractivity (Wildman–Crippen MR) is 113 cm³/mol. The molecule has 0 bridgehead atoms. The largest absolute Gasteiger partial charge is 0.493 e. The van der Waals surface area contributed by atoms with E-state index in [-0.39, 0.29) is 0 Å². The maximum atomic E-state index is 5.37. The SMILES string of the molecule is CCN(c1ccccc1)c1cc(NCCc2ccc(OC)c(OC)c2)ncn1. The second-order valence-electron chi connectivity index (χ2n) is 6.21. The molecule has 0 aliphatic carbocycles. The number of nitrogens with one attached hydrogen (secondary N) is 1. The summed E-state index contributed by atoms with van der Waals surface area (Å²) in [5.41, 5.74) is 2.28. The molecule has 3 aromatic rings. The summed E-state index contributed by atoms with van der Waals surface area (Å²) in [6.07, 6.45) is 2.44. The quantitative estimate of drug-likeness (QED) is 0.599. The number of nitrogens with zero attached hydrogens (tertiary/aromatic N) is 3. The van der Waals surface area contributed by atoms with Crippen LogP contribution >= 0.6 is 0 Å². The minimum Gasteiger partial charge on any atom is -0.493 e. The van der Waals surface area contributed by atoms with Crippen LogP contribution in [-0.4, -0.2) is 37.3 Å². The van der Waals surface area contributed by atoms with Crippen LogP contribution in [-0.2, 0) is 6.42 Å². The third-order valence-corrected chi connectivity index (χ3v) is 4.48. The van der Waals surface area contributed by atoms with Gasteiger partial charge in [0.15, 0.2) is 11.5 Å². The Hall–Kier alpha value is -3.28. The van der Waals surface area contributed by atoms with E-state index in [0.717, 1.165) is 48.3 Å². The van der Waals surface area contributed by atoms with Gasteiger partial charge < -0.3 is 19.7 Å². The van der Waals surface area contributed by atoms with Crippen molar-refractivity contribution < 1.29 is 9.47 Å². The molecule has 2 aromatic carbocycles. The Morgan fingerprint density at radius 3 is 2.43 bits per heavy atom. The molecule has 1 N–H and O–H groups in total. The van der Waals surface area contributed by atoms with Crippen LogP contribution in [0.5, 0.6) is 11.5 Å². The Labute approximate surface area is 166 Å². The lowest BCUT2D eigenvalue weighted by atomic mass is 10.1. The second kappa shape index (κ2) is 9.60. The maximum absolute atomic E-state index is 5.37. The van der Waals surface area contributed by atoms with E-state index in [1.165, 1.54) is 5.56 Å². The lowest BCUT2D eigenvalue weighted by Gasteiger charge is -2.22. The van der Waals surface area contributed by atoms with Gasteiger partial charge in [-0.25, -0.2) is 9.97 Å². The molecule has 146 valence electrons. The summed E-state index contributed by atoms with van der Waals surface area (Å²) in [6.45, 7) is 3.69. The number of aromatic nitrogens is 2. The highest BCUT2D eigenvalue weighted by Crippen LogP contribution is 2.28. The van der Waals surface area contributed by atoms with Crippen LogP contribution in [0.4, 0.5) is 17.3 Å². The summed E-state index contributed by atoms with van der Waals surface area (Å²) < 4.78 is 10.7. The third-order valence-electron chi connectivity index (χ3n) is 4.48. The molecular weight excluding hydrogens is 352 g/mol. The van der Waals surface area contributed by atoms with Crippen molar-refractivity contribution in [2.24, 2.45) is 0 Å². The molecule has 1 heterocycles. The lowest BCUT2D eigenvalue weighted by molar-refractivity contribution is 0.354. The van der Waals surface area contributed by atoms with E-state index in [2.05, 4.69) is 39.2 Å². The molecule has 0 aliphatic rings. The zero-order valence-corrected chi connectivity index (χ0v) is 16.6. The Morgan fingerprint density at radius 1 is 0.929 bits per heavy atom. The summed E-state index contributed by atoms with van der Waals surface area (Å²) >= 11 is 0. The molecule has 0 aliphatic heterocycles. The Balaban J connectivity index is 1.65. The fraction of sp³-hybridized carbons (Fsp3) is 0.273. The number of benzene rings is 2. The topological polar surface area (TPSA) is 59.5 Å². The number of hydrogen-bond donors (Lipinski definition) is 1. The molecule has 0 saturated heterocycles. The summed E-state index contributed by atoms with van der Waals surface area (Å²) in [4.78, 5) is 10.9. The van der Waals surface area contributed by atoms with Crippen LogP contribution in [0.1, 0.15) is 12.5 Å². The average Bonchev–Trinajstić information content (AvgIpc) is 2.75. The normalized spacial score (nSPS) is 10.4. The highest BCUT2D eigenvalue weighted by Gasteiger charge is 2.09. The van der Waals surface area contributed by atoms with Gasteiger partial charge in [-0.1, -0.05) is 24.3 Å². The fourth-order valence-corrected chi connectivity index (χ4v) is 3.05. The minimum atomic E-state index is 0.736. The van der Waals surface area contributed by atoms with Crippen molar-refractivity contribution in [3.8, 4) is 11.5 Å². The molecule has 0 spiro atoms. The highest BCUT2D eigenvalue weighted by molar-refractivity contribution is 5.62. The highest BCUT2D eigenvalue weighted by atomic mass is 16.5. The van der Waals surface area contributed by atoms with Gasteiger partial charge in [-0.3, -0.25) is 0 Å². The molecule has 28 heavy (non-hydrogen) atoms. The van der Waals surface area contributed by atoms with Crippen molar-refractivity contribution in [2.45, 2.75) is 13.3 Å². The van der Waals surface area contributed by atoms with Gasteiger partial charge in [-0.2, -0.15) is 0 Å². The van der Waals surface area contributed by atoms with Crippen molar-refractivity contribution >= 4 is 17.3 Å². The number of methoxy groups -OCH3 is 2. The summed E-state index contributed by atoms with van der Waals surface area (Å²) in [5.74, 6) is 3.16. The first-order chi connectivity index (χ1) is 13.7. The van der Waals surface area contributed by atoms with E-state index < -0.39 is 0 Å². The molecule has 0 radical (unpaired) electrons. The van der Waals surface area contributed by atoms with Gasteiger partial charge in [0.05, 0.1) is 14.2 Å². The molecule has 0 unspecified atom stereocenters. The molecule has 6 nitrogen and oxygen atoms in total. The maximum Gasteiger partial charge on any atom is 0.160 e. The van der Waals surface area contributed by atoms with Gasteiger partial charge in [0.25, 0.3) is 0 Å². The van der Waals surface area contributed by atoms with E-state index in [1.807, 2.05) is 42.5 Å². The smallest absolute Gasteiger partial charge is 0.160 e. The van der Waals surface area contributed by atoms with Crippen LogP contribution < -0.4 is 19.7 Å². The van der Waals surface area contributed by atoms with Crippen molar-refractivity contribution in [3.05, 3.63) is 66.5 Å². The van der Waals surface area contributed by atoms with E-state index >= 15 is 0 Å². The van der Waals surface area contributed by atoms with Crippen molar-refractivity contribution in [1.82, 2.24) is 9.97 Å². The van der Waals surface area contributed by atoms with Crippen LogP contribution in [0.25, 0.3) is 0 Å². The number of anilines is 3. The first-order valence-electron chi connectivity index (χ1n) is 9.34. The number of para-hydroxylation sites is 1. The lowest BCUT2D eigenvalue weighted by Crippen LogP contribution is -2.18. The van der Waals surface area contributed by atoms with E-state index in [4.69, 9.17) is 9.47 Å². The van der Waals surface area contributed by atoms with Gasteiger partial charge in [0, 0.05) is 24.8 Å². The Bertz CT molecular complexity index is 887. The first kappa shape index (κ1) is 19.5. The molecule has 1 aromatic heterocycles. The van der Waals surface area contributed by atoms with Gasteiger partial charge in [-0.15, -0.1) is 0 Å². The van der Waals surface area contributed by atoms with Crippen LogP contribution in [0.3, 0.4) is 0 Å². The van der Waals surface area contributed by atoms with Crippen molar-refractivity contribution in [1.29, 1.82) is 0 Å². The first-order valence-corrected chi connectivity index (χ1v) is 9.34. The average molecular weight is 378 g/mol. The molecule has 0 atom stereocenters. The predicted octanol–water partition coefficient (Wildman–Crippen LogP) is 4.31. The van der Waals surface area contributed by atoms with E-state index in [1.54, 1.807) is 20.5 Å². The molecule has 0 fully saturated rings. The second-order valence-corrected chi connectivity index (χ2v) is 6.21. The van der Waals surface area contributed by atoms with Crippen LogP contribution in [0, 0.1) is 0 Å². The van der Waals surface area contributed by atoms with Crippen molar-refractivity contribution in [3.63, 3.8) is 0 Å². The Kier molecular flexibility index (Phi) is 6.68. The monoisotopic (exact) mass is 378 g/mol. The fourth-order valence-electron chi connectivity index (χ4n) is 3.05. The zero-order valence-electron chi connectivity index (χ0n) is 16.6. The standard InChI is InChI=1S/C22H26N4O2/c1-4-26(18-8-6-5-7-9-18)22-15-21(24-16-25-22)23-13-12-17-10-11-19(27-2)20(14-17)28-3/h5-11,14-16H,4,12-13H2,1-3H3,(H,23,24,25). The van der Waals surface area contributed by atoms with E-state index in [9.17, 15) is 0 Å². The van der Waals surface area contributed by atoms with Crippen LogP contribution in [0.15, 0.2) is 60.9 Å². The molecule has 3 rings (SSSR count). The van der Waals surface area contributed by atoms with E-state index in [0.29, 0.717) is 0 Å². The number of ether oxygens (including phenoxy) is 2. The molecular formula is C22H26N4O2. The van der Waals surface area contributed by atoms with Gasteiger partial charge >= 0.3 is 0 Å². The summed E-state index contributed by atoms with van der Waals surface area (Å²) in [5, 5.41) is 3.38. The van der Waals surface area contributed by atoms with Gasteiger partial charge in [0.2, 0.25) is 0 Å². The van der Waals surface area contributed by atoms with Crippen LogP contribution in [0.2, 0.25) is 0 Å². The molecule has 6 heteroatoms. The third kappa shape index (κ3) is 4.71. The molecule has 0 saturated carbocycles. The number of rotatable bonds is 9. The van der Waals surface area contributed by atoms with Crippen molar-refractivity contribution in [2.75, 3.05) is 37.5 Å². The minimum absolute atomic E-state index is 0.736. The summed E-state index contributed by atoms with van der Waals surface area (Å²) in [7, 11) is 3.29. The zero-order chi connectivity index (χ0) is 19.8. The van der Waals surface area contributed by atoms with Gasteiger partial charge in [0.1, 0.15) is 18.0 Å².